The zero-order valence-corrected chi connectivity index (χ0v) is 10.5. The van der Waals surface area contributed by atoms with Gasteiger partial charge in [0.05, 0.1) is 0 Å². The Morgan fingerprint density at radius 1 is 1.20 bits per heavy atom. The number of nitrogens with one attached hydrogen (secondary N) is 2. The van der Waals surface area contributed by atoms with E-state index < -0.39 is 24.0 Å². The molecule has 0 radical (unpaired) electrons. The van der Waals surface area contributed by atoms with Crippen LogP contribution in [0.3, 0.4) is 0 Å². The SMILES string of the molecule is NC(=O)Nc1ccc(C(=O)NCCC(O)C(=O)O)cc1. The second-order valence-corrected chi connectivity index (χ2v) is 3.97. The van der Waals surface area contributed by atoms with E-state index in [9.17, 15) is 14.4 Å². The number of benzene rings is 1. The Bertz CT molecular complexity index is 500. The number of urea groups is 1. The number of anilines is 1. The van der Waals surface area contributed by atoms with Gasteiger partial charge in [0.25, 0.3) is 5.91 Å². The van der Waals surface area contributed by atoms with Gasteiger partial charge in [-0.1, -0.05) is 0 Å². The molecule has 0 saturated carbocycles. The van der Waals surface area contributed by atoms with Crippen molar-refractivity contribution in [1.82, 2.24) is 5.32 Å². The van der Waals surface area contributed by atoms with Crippen molar-refractivity contribution >= 4 is 23.6 Å². The molecule has 3 amide bonds. The summed E-state index contributed by atoms with van der Waals surface area (Å²) in [5, 5.41) is 22.3. The summed E-state index contributed by atoms with van der Waals surface area (Å²) >= 11 is 0. The molecule has 0 bridgehead atoms. The van der Waals surface area contributed by atoms with Gasteiger partial charge in [0, 0.05) is 24.2 Å². The standard InChI is InChI=1S/C12H15N3O5/c13-12(20)15-8-3-1-7(2-4-8)10(17)14-6-5-9(16)11(18)19/h1-4,9,16H,5-6H2,(H,14,17)(H,18,19)(H3,13,15,20). The van der Waals surface area contributed by atoms with Crippen LogP contribution in [0.4, 0.5) is 10.5 Å². The Labute approximate surface area is 114 Å². The first-order chi connectivity index (χ1) is 9.40. The van der Waals surface area contributed by atoms with Crippen LogP contribution in [0.15, 0.2) is 24.3 Å². The van der Waals surface area contributed by atoms with Crippen LogP contribution in [-0.2, 0) is 4.79 Å². The molecule has 0 fully saturated rings. The van der Waals surface area contributed by atoms with Gasteiger partial charge in [-0.3, -0.25) is 4.79 Å². The van der Waals surface area contributed by atoms with Crippen molar-refractivity contribution in [2.75, 3.05) is 11.9 Å². The summed E-state index contributed by atoms with van der Waals surface area (Å²) in [5.41, 5.74) is 5.73. The van der Waals surface area contributed by atoms with Gasteiger partial charge in [0.1, 0.15) is 0 Å². The number of hydrogen-bond acceptors (Lipinski definition) is 4. The number of nitrogens with two attached hydrogens (primary N) is 1. The third-order valence-corrected chi connectivity index (χ3v) is 2.40. The Morgan fingerprint density at radius 2 is 1.80 bits per heavy atom. The Kier molecular flexibility index (Phi) is 5.48. The fourth-order valence-electron chi connectivity index (χ4n) is 1.40. The van der Waals surface area contributed by atoms with Crippen molar-refractivity contribution < 1.29 is 24.6 Å². The van der Waals surface area contributed by atoms with E-state index in [4.69, 9.17) is 15.9 Å². The van der Waals surface area contributed by atoms with Gasteiger partial charge in [-0.2, -0.15) is 0 Å². The highest BCUT2D eigenvalue weighted by Crippen LogP contribution is 2.09. The predicted octanol–water partition coefficient (Wildman–Crippen LogP) is -0.257. The summed E-state index contributed by atoms with van der Waals surface area (Å²) in [5.74, 6) is -1.74. The van der Waals surface area contributed by atoms with Crippen LogP contribution in [-0.4, -0.2) is 40.8 Å². The monoisotopic (exact) mass is 281 g/mol. The number of carbonyl (C=O) groups excluding carboxylic acids is 2. The number of aliphatic carboxylic acids is 1. The summed E-state index contributed by atoms with van der Waals surface area (Å²) < 4.78 is 0. The molecule has 1 aromatic rings. The molecule has 1 aromatic carbocycles. The maximum Gasteiger partial charge on any atom is 0.332 e. The first kappa shape index (κ1) is 15.4. The lowest BCUT2D eigenvalue weighted by Crippen LogP contribution is -2.30. The number of amides is 3. The van der Waals surface area contributed by atoms with Crippen LogP contribution in [0.2, 0.25) is 0 Å². The zero-order valence-electron chi connectivity index (χ0n) is 10.5. The molecule has 1 rings (SSSR count). The van der Waals surface area contributed by atoms with Crippen molar-refractivity contribution in [3.63, 3.8) is 0 Å². The minimum absolute atomic E-state index is 0.0353. The summed E-state index contributed by atoms with van der Waals surface area (Å²) in [6.45, 7) is 0.0353. The minimum atomic E-state index is -1.50. The van der Waals surface area contributed by atoms with Crippen LogP contribution in [0, 0.1) is 0 Å². The van der Waals surface area contributed by atoms with Crippen molar-refractivity contribution in [2.45, 2.75) is 12.5 Å². The molecule has 0 saturated heterocycles. The summed E-state index contributed by atoms with van der Waals surface area (Å²) in [6.07, 6.45) is -1.58. The Hall–Kier alpha value is -2.61. The van der Waals surface area contributed by atoms with Crippen LogP contribution in [0.5, 0.6) is 0 Å². The minimum Gasteiger partial charge on any atom is -0.479 e. The zero-order chi connectivity index (χ0) is 15.1. The number of aliphatic hydroxyl groups excluding tert-OH is 1. The number of carboxylic acid groups (broad SMARTS) is 1. The Morgan fingerprint density at radius 3 is 2.30 bits per heavy atom. The average Bonchev–Trinajstić information content (AvgIpc) is 2.38. The van der Waals surface area contributed by atoms with E-state index in [1.807, 2.05) is 0 Å². The van der Waals surface area contributed by atoms with Crippen molar-refractivity contribution in [3.05, 3.63) is 29.8 Å². The molecule has 0 heterocycles. The van der Waals surface area contributed by atoms with Gasteiger partial charge >= 0.3 is 12.0 Å². The van der Waals surface area contributed by atoms with Crippen LogP contribution >= 0.6 is 0 Å². The lowest BCUT2D eigenvalue weighted by atomic mass is 10.2. The normalized spacial score (nSPS) is 11.4. The third-order valence-electron chi connectivity index (χ3n) is 2.40. The molecule has 0 aliphatic rings. The quantitative estimate of drug-likeness (QED) is 0.488. The molecule has 20 heavy (non-hydrogen) atoms. The third kappa shape index (κ3) is 4.94. The van der Waals surface area contributed by atoms with E-state index in [-0.39, 0.29) is 13.0 Å². The van der Waals surface area contributed by atoms with Gasteiger partial charge in [0.15, 0.2) is 6.10 Å². The second-order valence-electron chi connectivity index (χ2n) is 3.97. The number of carboxylic acids is 1. The maximum atomic E-state index is 11.7. The highest BCUT2D eigenvalue weighted by Gasteiger charge is 2.13. The molecular formula is C12H15N3O5. The first-order valence-corrected chi connectivity index (χ1v) is 5.75. The van der Waals surface area contributed by atoms with Gasteiger partial charge in [-0.25, -0.2) is 9.59 Å². The molecule has 1 unspecified atom stereocenters. The van der Waals surface area contributed by atoms with E-state index in [2.05, 4.69) is 10.6 Å². The summed E-state index contributed by atoms with van der Waals surface area (Å²) in [6, 6.07) is 5.27. The molecular weight excluding hydrogens is 266 g/mol. The number of hydrogen-bond donors (Lipinski definition) is 5. The second kappa shape index (κ2) is 7.10. The van der Waals surface area contributed by atoms with E-state index in [0.29, 0.717) is 11.3 Å². The molecule has 8 heteroatoms. The molecule has 1 atom stereocenters. The van der Waals surface area contributed by atoms with Crippen LogP contribution < -0.4 is 16.4 Å². The molecule has 108 valence electrons. The number of carbonyl (C=O) groups is 3. The van der Waals surface area contributed by atoms with Gasteiger partial charge in [0.2, 0.25) is 0 Å². The topological polar surface area (TPSA) is 142 Å². The van der Waals surface area contributed by atoms with Crippen molar-refractivity contribution in [1.29, 1.82) is 0 Å². The Balaban J connectivity index is 2.47. The molecule has 8 nitrogen and oxygen atoms in total. The van der Waals surface area contributed by atoms with E-state index >= 15 is 0 Å². The van der Waals surface area contributed by atoms with Gasteiger partial charge in [-0.15, -0.1) is 0 Å². The maximum absolute atomic E-state index is 11.7. The van der Waals surface area contributed by atoms with Crippen LogP contribution in [0.1, 0.15) is 16.8 Å². The summed E-state index contributed by atoms with van der Waals surface area (Å²) in [7, 11) is 0. The molecule has 0 aliphatic heterocycles. The molecule has 0 spiro atoms. The van der Waals surface area contributed by atoms with E-state index in [0.717, 1.165) is 0 Å². The number of rotatable bonds is 6. The molecule has 0 aliphatic carbocycles. The van der Waals surface area contributed by atoms with Crippen molar-refractivity contribution in [2.24, 2.45) is 5.73 Å². The fraction of sp³-hybridized carbons (Fsp3) is 0.250. The fourth-order valence-corrected chi connectivity index (χ4v) is 1.40. The average molecular weight is 281 g/mol. The smallest absolute Gasteiger partial charge is 0.332 e. The highest BCUT2D eigenvalue weighted by molar-refractivity contribution is 5.95. The van der Waals surface area contributed by atoms with Crippen LogP contribution in [0.25, 0.3) is 0 Å². The van der Waals surface area contributed by atoms with E-state index in [1.165, 1.54) is 24.3 Å². The van der Waals surface area contributed by atoms with E-state index in [1.54, 1.807) is 0 Å². The number of aliphatic hydroxyl groups is 1. The lowest BCUT2D eigenvalue weighted by Gasteiger charge is -2.08. The summed E-state index contributed by atoms with van der Waals surface area (Å²) in [4.78, 5) is 32.6. The highest BCUT2D eigenvalue weighted by atomic mass is 16.4. The van der Waals surface area contributed by atoms with Crippen molar-refractivity contribution in [3.8, 4) is 0 Å². The predicted molar refractivity (Wildman–Crippen MR) is 70.2 cm³/mol. The largest absolute Gasteiger partial charge is 0.479 e. The lowest BCUT2D eigenvalue weighted by molar-refractivity contribution is -0.146. The first-order valence-electron chi connectivity index (χ1n) is 5.75. The number of primary amides is 1. The van der Waals surface area contributed by atoms with Gasteiger partial charge in [-0.05, 0) is 24.3 Å². The van der Waals surface area contributed by atoms with Gasteiger partial charge < -0.3 is 26.6 Å². The molecule has 0 aromatic heterocycles. The molecule has 6 N–H and O–H groups in total.